The second-order valence-electron chi connectivity index (χ2n) is 7.69. The van der Waals surface area contributed by atoms with Crippen LogP contribution in [0.15, 0.2) is 71.4 Å². The van der Waals surface area contributed by atoms with Crippen molar-refractivity contribution in [2.45, 2.75) is 47.6 Å². The van der Waals surface area contributed by atoms with Gasteiger partial charge in [-0.2, -0.15) is 0 Å². The van der Waals surface area contributed by atoms with Crippen LogP contribution in [0.5, 0.6) is 0 Å². The van der Waals surface area contributed by atoms with E-state index in [2.05, 4.69) is 84.0 Å². The zero-order chi connectivity index (χ0) is 18.1. The second-order valence-corrected chi connectivity index (χ2v) is 24.5. The third-order valence-electron chi connectivity index (χ3n) is 5.90. The quantitative estimate of drug-likeness (QED) is 0.435. The van der Waals surface area contributed by atoms with Crippen molar-refractivity contribution in [3.05, 3.63) is 77.0 Å². The summed E-state index contributed by atoms with van der Waals surface area (Å²) in [5, 5.41) is 0. The summed E-state index contributed by atoms with van der Waals surface area (Å²) in [6.45, 7) is 14.3. The molecule has 2 unspecified atom stereocenters. The molecule has 0 N–H and O–H groups in total. The normalized spacial score (nSPS) is 21.7. The first-order valence-electron chi connectivity index (χ1n) is 9.43. The Kier molecular flexibility index (Phi) is 9.75. The van der Waals surface area contributed by atoms with Crippen molar-refractivity contribution in [2.24, 2.45) is 11.8 Å². The van der Waals surface area contributed by atoms with Crippen molar-refractivity contribution >= 4 is 6.22 Å². The Labute approximate surface area is 186 Å². The molecule has 0 nitrogen and oxygen atoms in total. The van der Waals surface area contributed by atoms with Crippen LogP contribution in [-0.4, -0.2) is 6.22 Å². The van der Waals surface area contributed by atoms with Gasteiger partial charge in [-0.3, -0.25) is 0 Å². The molecule has 0 saturated carbocycles. The van der Waals surface area contributed by atoms with E-state index in [1.807, 2.05) is 6.66 Å². The zero-order valence-corrected chi connectivity index (χ0v) is 23.5. The van der Waals surface area contributed by atoms with E-state index in [0.29, 0.717) is 18.1 Å². The molecule has 0 aromatic heterocycles. The minimum atomic E-state index is -2.00. The van der Waals surface area contributed by atoms with Gasteiger partial charge in [0.2, 0.25) is 0 Å². The third kappa shape index (κ3) is 5.26. The SMILES string of the molecule is CC1=CC(C)[C](/[Hf+2](=[SiH]/Cc2ccccc2)[C]2=C(C)C=C(C)C2C)=C1C.[Cl-].[Cl-]. The summed E-state index contributed by atoms with van der Waals surface area (Å²) in [6, 6.07) is 12.5. The van der Waals surface area contributed by atoms with Gasteiger partial charge >= 0.3 is 163 Å². The van der Waals surface area contributed by atoms with Crippen molar-refractivity contribution in [3.8, 4) is 0 Å². The van der Waals surface area contributed by atoms with Crippen LogP contribution in [0.3, 0.4) is 0 Å². The van der Waals surface area contributed by atoms with E-state index in [0.717, 1.165) is 0 Å². The molecule has 0 saturated heterocycles. The molecule has 0 bridgehead atoms. The van der Waals surface area contributed by atoms with Crippen LogP contribution < -0.4 is 24.8 Å². The van der Waals surface area contributed by atoms with Crippen molar-refractivity contribution in [1.29, 1.82) is 0 Å². The van der Waals surface area contributed by atoms with Gasteiger partial charge in [-0.1, -0.05) is 0 Å². The van der Waals surface area contributed by atoms with Gasteiger partial charge in [-0.25, -0.2) is 0 Å². The van der Waals surface area contributed by atoms with E-state index >= 15 is 0 Å². The Morgan fingerprint density at radius 3 is 2.04 bits per heavy atom. The molecular formula is C23H30Cl2HfSi. The van der Waals surface area contributed by atoms with Crippen molar-refractivity contribution in [1.82, 2.24) is 0 Å². The summed E-state index contributed by atoms with van der Waals surface area (Å²) < 4.78 is 3.83. The van der Waals surface area contributed by atoms with Gasteiger partial charge in [0.1, 0.15) is 0 Å². The number of allylic oxidation sites excluding steroid dienone is 8. The molecule has 1 aromatic rings. The van der Waals surface area contributed by atoms with Crippen LogP contribution in [-0.2, 0) is 26.1 Å². The van der Waals surface area contributed by atoms with Gasteiger partial charge in [-0.15, -0.1) is 0 Å². The summed E-state index contributed by atoms with van der Waals surface area (Å²) in [6.07, 6.45) is 5.52. The maximum atomic E-state index is 2.52. The Balaban J connectivity index is 0.00000182. The molecule has 2 aliphatic rings. The Morgan fingerprint density at radius 2 is 1.56 bits per heavy atom. The van der Waals surface area contributed by atoms with Crippen LogP contribution in [0, 0.1) is 11.8 Å². The molecule has 0 spiro atoms. The van der Waals surface area contributed by atoms with Gasteiger partial charge in [0.25, 0.3) is 0 Å². The number of benzene rings is 1. The second kappa shape index (κ2) is 10.6. The van der Waals surface area contributed by atoms with E-state index in [-0.39, 0.29) is 24.8 Å². The smallest absolute Gasteiger partial charge is 1.00 e. The molecule has 0 radical (unpaired) electrons. The fraction of sp³-hybridized carbons (Fsp3) is 0.391. The average Bonchev–Trinajstić information content (AvgIpc) is 2.98. The van der Waals surface area contributed by atoms with Crippen LogP contribution >= 0.6 is 0 Å². The monoisotopic (exact) mass is 584 g/mol. The van der Waals surface area contributed by atoms with Crippen LogP contribution in [0.25, 0.3) is 0 Å². The molecule has 4 heteroatoms. The van der Waals surface area contributed by atoms with Crippen molar-refractivity contribution < 1.29 is 44.9 Å². The Bertz CT molecular complexity index is 844. The first-order valence-corrected chi connectivity index (χ1v) is 20.6. The molecule has 27 heavy (non-hydrogen) atoms. The molecule has 2 atom stereocenters. The van der Waals surface area contributed by atoms with Gasteiger partial charge in [0, 0.05) is 0 Å². The predicted octanol–water partition coefficient (Wildman–Crippen LogP) is -0.0957. The summed E-state index contributed by atoms with van der Waals surface area (Å²) in [5.74, 6) is 1.37. The summed E-state index contributed by atoms with van der Waals surface area (Å²) in [5.41, 5.74) is 7.93. The topological polar surface area (TPSA) is 0 Å². The minimum Gasteiger partial charge on any atom is -1.00 e. The molecule has 144 valence electrons. The molecule has 2 aliphatic carbocycles. The van der Waals surface area contributed by atoms with Gasteiger partial charge in [-0.05, 0) is 0 Å². The van der Waals surface area contributed by atoms with Crippen LogP contribution in [0.1, 0.15) is 47.1 Å². The maximum absolute atomic E-state index is 2.52. The van der Waals surface area contributed by atoms with Crippen molar-refractivity contribution in [3.63, 3.8) is 0 Å². The number of rotatable bonds is 4. The van der Waals surface area contributed by atoms with Crippen LogP contribution in [0.4, 0.5) is 0 Å². The average molecular weight is 584 g/mol. The largest absolute Gasteiger partial charge is 1.00 e. The molecule has 0 fully saturated rings. The van der Waals surface area contributed by atoms with Gasteiger partial charge in [0.15, 0.2) is 0 Å². The maximum Gasteiger partial charge on any atom is -1.00 e. The number of hydrogen-bond donors (Lipinski definition) is 0. The molecular weight excluding hydrogens is 554 g/mol. The molecule has 3 rings (SSSR count). The molecule has 0 aliphatic heterocycles. The summed E-state index contributed by atoms with van der Waals surface area (Å²) in [4.78, 5) is 0. The van der Waals surface area contributed by atoms with E-state index in [1.54, 1.807) is 22.3 Å². The third-order valence-corrected chi connectivity index (χ3v) is 28.8. The van der Waals surface area contributed by atoms with Gasteiger partial charge in [0.05, 0.1) is 0 Å². The van der Waals surface area contributed by atoms with E-state index < -0.39 is 20.1 Å². The number of hydrogen-bond acceptors (Lipinski definition) is 0. The first kappa shape index (κ1) is 24.9. The first-order chi connectivity index (χ1) is 11.9. The predicted molar refractivity (Wildman–Crippen MR) is 109 cm³/mol. The summed E-state index contributed by atoms with van der Waals surface area (Å²) in [7, 11) is 0. The Morgan fingerprint density at radius 1 is 0.926 bits per heavy atom. The van der Waals surface area contributed by atoms with E-state index in [1.165, 1.54) is 11.6 Å². The minimum absolute atomic E-state index is 0. The number of halogens is 2. The Hall–Kier alpha value is -0.153. The standard InChI is InChI=1S/2C8H11.C7H8Si.2ClH.Hf/c2*1-6-4-7(2)8(3)5-6;8-6-7-4-2-1-3-5-7;;;/h4,8H,1-3H3;4,6H,1-3H3;1-5,8H,6H2;2*1H;/q;;;;;+2/p-2. The molecule has 0 heterocycles. The van der Waals surface area contributed by atoms with E-state index in [9.17, 15) is 0 Å². The van der Waals surface area contributed by atoms with Crippen molar-refractivity contribution in [2.75, 3.05) is 0 Å². The van der Waals surface area contributed by atoms with Crippen LogP contribution in [0.2, 0.25) is 0 Å². The molecule has 1 aromatic carbocycles. The van der Waals surface area contributed by atoms with E-state index in [4.69, 9.17) is 0 Å². The summed E-state index contributed by atoms with van der Waals surface area (Å²) >= 11 is -2.00. The van der Waals surface area contributed by atoms with Gasteiger partial charge < -0.3 is 24.8 Å². The zero-order valence-electron chi connectivity index (χ0n) is 17.2. The fourth-order valence-electron chi connectivity index (χ4n) is 4.34. The molecule has 0 amide bonds. The fourth-order valence-corrected chi connectivity index (χ4v) is 32.4.